The molecular weight excluding hydrogens is 248 g/mol. The smallest absolute Gasteiger partial charge is 0.0670 e. The van der Waals surface area contributed by atoms with Crippen molar-refractivity contribution < 1.29 is 4.74 Å². The second kappa shape index (κ2) is 6.59. The van der Waals surface area contributed by atoms with Gasteiger partial charge >= 0.3 is 0 Å². The van der Waals surface area contributed by atoms with Gasteiger partial charge in [-0.15, -0.1) is 0 Å². The average Bonchev–Trinajstić information content (AvgIpc) is 2.44. The fourth-order valence-corrected chi connectivity index (χ4v) is 2.61. The van der Waals surface area contributed by atoms with Crippen LogP contribution in [0.15, 0.2) is 24.3 Å². The van der Waals surface area contributed by atoms with Crippen molar-refractivity contribution in [3.05, 3.63) is 29.8 Å². The zero-order valence-corrected chi connectivity index (χ0v) is 13.3. The van der Waals surface area contributed by atoms with Gasteiger partial charge < -0.3 is 15.0 Å². The molecule has 1 aliphatic rings. The van der Waals surface area contributed by atoms with E-state index >= 15 is 0 Å². The molecule has 1 fully saturated rings. The van der Waals surface area contributed by atoms with Crippen molar-refractivity contribution in [1.82, 2.24) is 5.32 Å². The first kappa shape index (κ1) is 15.3. The molecule has 3 nitrogen and oxygen atoms in total. The number of rotatable bonds is 4. The lowest BCUT2D eigenvalue weighted by atomic mass is 10.1. The summed E-state index contributed by atoms with van der Waals surface area (Å²) in [6, 6.07) is 9.24. The lowest BCUT2D eigenvalue weighted by Crippen LogP contribution is -2.46. The van der Waals surface area contributed by atoms with Gasteiger partial charge in [0.05, 0.1) is 19.3 Å². The van der Waals surface area contributed by atoms with Crippen LogP contribution in [0.25, 0.3) is 0 Å². The molecule has 20 heavy (non-hydrogen) atoms. The van der Waals surface area contributed by atoms with Crippen molar-refractivity contribution in [2.45, 2.75) is 52.2 Å². The minimum atomic E-state index is 0.141. The molecule has 0 aromatic heterocycles. The predicted octanol–water partition coefficient (Wildman–Crippen LogP) is 3.19. The summed E-state index contributed by atoms with van der Waals surface area (Å²) in [5, 5.41) is 3.59. The minimum Gasteiger partial charge on any atom is -0.377 e. The van der Waals surface area contributed by atoms with Crippen LogP contribution in [0.1, 0.15) is 39.7 Å². The van der Waals surface area contributed by atoms with E-state index in [2.05, 4.69) is 62.2 Å². The van der Waals surface area contributed by atoms with E-state index in [4.69, 9.17) is 4.74 Å². The van der Waals surface area contributed by atoms with Gasteiger partial charge in [0.1, 0.15) is 0 Å². The quantitative estimate of drug-likeness (QED) is 0.914. The molecule has 112 valence electrons. The Morgan fingerprint density at radius 3 is 2.75 bits per heavy atom. The highest BCUT2D eigenvalue weighted by Gasteiger charge is 2.23. The van der Waals surface area contributed by atoms with Crippen molar-refractivity contribution in [2.75, 3.05) is 24.7 Å². The van der Waals surface area contributed by atoms with Gasteiger partial charge in [-0.1, -0.05) is 25.1 Å². The topological polar surface area (TPSA) is 24.5 Å². The molecule has 0 radical (unpaired) electrons. The summed E-state index contributed by atoms with van der Waals surface area (Å²) < 4.78 is 5.62. The van der Waals surface area contributed by atoms with E-state index in [0.29, 0.717) is 6.04 Å². The van der Waals surface area contributed by atoms with Crippen molar-refractivity contribution in [3.63, 3.8) is 0 Å². The van der Waals surface area contributed by atoms with Gasteiger partial charge in [0.15, 0.2) is 0 Å². The third-order valence-corrected chi connectivity index (χ3v) is 3.81. The molecule has 1 N–H and O–H groups in total. The van der Waals surface area contributed by atoms with Gasteiger partial charge in [-0.2, -0.15) is 0 Å². The molecule has 0 amide bonds. The Labute approximate surface area is 123 Å². The van der Waals surface area contributed by atoms with Crippen LogP contribution < -0.4 is 10.2 Å². The molecule has 1 unspecified atom stereocenters. The van der Waals surface area contributed by atoms with Gasteiger partial charge in [-0.25, -0.2) is 0 Å². The lowest BCUT2D eigenvalue weighted by Gasteiger charge is -2.38. The number of morpholine rings is 1. The molecule has 1 atom stereocenters. The fourth-order valence-electron chi connectivity index (χ4n) is 2.61. The molecule has 0 saturated carbocycles. The number of nitrogens with one attached hydrogen (secondary N) is 1. The summed E-state index contributed by atoms with van der Waals surface area (Å²) >= 11 is 0. The molecule has 3 heteroatoms. The maximum Gasteiger partial charge on any atom is 0.0670 e. The molecule has 0 bridgehead atoms. The van der Waals surface area contributed by atoms with Gasteiger partial charge in [0.25, 0.3) is 0 Å². The molecule has 2 rings (SSSR count). The van der Waals surface area contributed by atoms with Crippen molar-refractivity contribution in [1.29, 1.82) is 0 Å². The monoisotopic (exact) mass is 276 g/mol. The highest BCUT2D eigenvalue weighted by molar-refractivity contribution is 5.54. The number of ether oxygens (including phenoxy) is 1. The molecular formula is C17H28N2O. The Morgan fingerprint density at radius 2 is 2.05 bits per heavy atom. The predicted molar refractivity (Wildman–Crippen MR) is 85.3 cm³/mol. The third kappa shape index (κ3) is 3.97. The van der Waals surface area contributed by atoms with E-state index in [9.17, 15) is 0 Å². The van der Waals surface area contributed by atoms with E-state index in [1.54, 1.807) is 0 Å². The van der Waals surface area contributed by atoms with Crippen molar-refractivity contribution in [2.24, 2.45) is 0 Å². The van der Waals surface area contributed by atoms with Crippen LogP contribution in [-0.4, -0.2) is 31.3 Å². The van der Waals surface area contributed by atoms with E-state index in [1.807, 2.05) is 0 Å². The number of nitrogens with zero attached hydrogens (tertiary/aromatic N) is 1. The summed E-state index contributed by atoms with van der Waals surface area (Å²) in [5.41, 5.74) is 2.88. The van der Waals surface area contributed by atoms with Gasteiger partial charge in [0.2, 0.25) is 0 Å². The van der Waals surface area contributed by atoms with Crippen LogP contribution in [-0.2, 0) is 11.3 Å². The Kier molecular flexibility index (Phi) is 5.06. The van der Waals surface area contributed by atoms with Crippen molar-refractivity contribution >= 4 is 5.69 Å². The SMILES string of the molecule is CCC1COCCN1c1ccccc1CNC(C)(C)C. The minimum absolute atomic E-state index is 0.141. The number of anilines is 1. The third-order valence-electron chi connectivity index (χ3n) is 3.81. The van der Waals surface area contributed by atoms with Gasteiger partial charge in [-0.3, -0.25) is 0 Å². The van der Waals surface area contributed by atoms with Crippen LogP contribution in [0.4, 0.5) is 5.69 Å². The Balaban J connectivity index is 2.18. The number of hydrogen-bond donors (Lipinski definition) is 1. The molecule has 1 aromatic carbocycles. The molecule has 1 aliphatic heterocycles. The Morgan fingerprint density at radius 1 is 1.30 bits per heavy atom. The van der Waals surface area contributed by atoms with E-state index in [0.717, 1.165) is 32.7 Å². The first-order valence-corrected chi connectivity index (χ1v) is 7.68. The highest BCUT2D eigenvalue weighted by Crippen LogP contribution is 2.25. The molecule has 1 aromatic rings. The Hall–Kier alpha value is -1.06. The van der Waals surface area contributed by atoms with Crippen LogP contribution in [0.5, 0.6) is 0 Å². The number of para-hydroxylation sites is 1. The molecule has 0 spiro atoms. The van der Waals surface area contributed by atoms with Gasteiger partial charge in [-0.05, 0) is 38.8 Å². The zero-order chi connectivity index (χ0) is 14.6. The summed E-state index contributed by atoms with van der Waals surface area (Å²) in [6.07, 6.45) is 1.13. The molecule has 1 heterocycles. The first-order valence-electron chi connectivity index (χ1n) is 7.68. The maximum atomic E-state index is 5.62. The maximum absolute atomic E-state index is 5.62. The van der Waals surface area contributed by atoms with E-state index < -0.39 is 0 Å². The van der Waals surface area contributed by atoms with E-state index in [1.165, 1.54) is 11.3 Å². The molecule has 0 aliphatic carbocycles. The van der Waals surface area contributed by atoms with Crippen LogP contribution >= 0.6 is 0 Å². The largest absolute Gasteiger partial charge is 0.377 e. The van der Waals surface area contributed by atoms with Crippen LogP contribution in [0.2, 0.25) is 0 Å². The fraction of sp³-hybridized carbons (Fsp3) is 0.647. The summed E-state index contributed by atoms with van der Waals surface area (Å²) in [7, 11) is 0. The van der Waals surface area contributed by atoms with E-state index in [-0.39, 0.29) is 5.54 Å². The summed E-state index contributed by atoms with van der Waals surface area (Å²) in [6.45, 7) is 12.4. The normalized spacial score (nSPS) is 20.2. The lowest BCUT2D eigenvalue weighted by molar-refractivity contribution is 0.0929. The first-order chi connectivity index (χ1) is 9.51. The van der Waals surface area contributed by atoms with Gasteiger partial charge in [0, 0.05) is 24.3 Å². The van der Waals surface area contributed by atoms with Crippen molar-refractivity contribution in [3.8, 4) is 0 Å². The number of benzene rings is 1. The van der Waals surface area contributed by atoms with Crippen LogP contribution in [0.3, 0.4) is 0 Å². The Bertz CT molecular complexity index is 425. The second-order valence-electron chi connectivity index (χ2n) is 6.56. The number of hydrogen-bond acceptors (Lipinski definition) is 3. The summed E-state index contributed by atoms with van der Waals surface area (Å²) in [4.78, 5) is 2.52. The average molecular weight is 276 g/mol. The highest BCUT2D eigenvalue weighted by atomic mass is 16.5. The zero-order valence-electron chi connectivity index (χ0n) is 13.3. The standard InChI is InChI=1S/C17H28N2O/c1-5-15-13-20-11-10-19(15)16-9-7-6-8-14(16)12-18-17(2,3)4/h6-9,15,18H,5,10-13H2,1-4H3. The molecule has 1 saturated heterocycles. The van der Waals surface area contributed by atoms with Crippen LogP contribution in [0, 0.1) is 0 Å². The second-order valence-corrected chi connectivity index (χ2v) is 6.56. The summed E-state index contributed by atoms with van der Waals surface area (Å²) in [5.74, 6) is 0.